The molecule has 1 heterocycles. The van der Waals surface area contributed by atoms with Crippen LogP contribution in [-0.2, 0) is 11.3 Å². The van der Waals surface area contributed by atoms with Crippen molar-refractivity contribution in [3.8, 4) is 0 Å². The maximum Gasteiger partial charge on any atom is 0.253 e. The third-order valence-electron chi connectivity index (χ3n) is 5.18. The van der Waals surface area contributed by atoms with Crippen molar-refractivity contribution in [3.63, 3.8) is 0 Å². The third kappa shape index (κ3) is 6.07. The molecule has 1 aromatic heterocycles. The quantitative estimate of drug-likeness (QED) is 0.311. The molecular formula is C25H28ClN5O2S. The molecule has 0 spiro atoms. The van der Waals surface area contributed by atoms with Crippen molar-refractivity contribution in [1.29, 1.82) is 0 Å². The molecule has 2 aromatic carbocycles. The van der Waals surface area contributed by atoms with Gasteiger partial charge in [-0.2, -0.15) is 0 Å². The lowest BCUT2D eigenvalue weighted by atomic mass is 10.1. The van der Waals surface area contributed by atoms with Crippen LogP contribution in [0.25, 0.3) is 0 Å². The van der Waals surface area contributed by atoms with Gasteiger partial charge < -0.3 is 15.2 Å². The van der Waals surface area contributed by atoms with E-state index in [0.29, 0.717) is 28.1 Å². The number of hydrogen-bond acceptors (Lipinski definition) is 5. The normalized spacial score (nSPS) is 11.7. The van der Waals surface area contributed by atoms with Gasteiger partial charge in [0.2, 0.25) is 5.91 Å². The highest BCUT2D eigenvalue weighted by molar-refractivity contribution is 7.99. The summed E-state index contributed by atoms with van der Waals surface area (Å²) in [5.41, 5.74) is 4.43. The van der Waals surface area contributed by atoms with Crippen LogP contribution in [0, 0.1) is 20.8 Å². The summed E-state index contributed by atoms with van der Waals surface area (Å²) in [4.78, 5) is 25.3. The van der Waals surface area contributed by atoms with Gasteiger partial charge in [0.15, 0.2) is 11.0 Å². The van der Waals surface area contributed by atoms with E-state index in [4.69, 9.17) is 11.6 Å². The van der Waals surface area contributed by atoms with Crippen molar-refractivity contribution in [3.05, 3.63) is 82.2 Å². The van der Waals surface area contributed by atoms with Gasteiger partial charge in [-0.15, -0.1) is 16.8 Å². The molecule has 2 N–H and O–H groups in total. The van der Waals surface area contributed by atoms with Gasteiger partial charge >= 0.3 is 0 Å². The van der Waals surface area contributed by atoms with Crippen LogP contribution in [0.2, 0.25) is 5.02 Å². The van der Waals surface area contributed by atoms with Crippen molar-refractivity contribution < 1.29 is 9.59 Å². The number of aryl methyl sites for hydroxylation is 3. The van der Waals surface area contributed by atoms with Crippen LogP contribution in [0.4, 0.5) is 5.69 Å². The fourth-order valence-corrected chi connectivity index (χ4v) is 4.67. The Kier molecular flexibility index (Phi) is 8.52. The molecule has 0 fully saturated rings. The topological polar surface area (TPSA) is 88.9 Å². The minimum atomic E-state index is -0.433. The first-order chi connectivity index (χ1) is 16.2. The van der Waals surface area contributed by atoms with E-state index in [1.807, 2.05) is 44.4 Å². The first-order valence-corrected chi connectivity index (χ1v) is 12.2. The van der Waals surface area contributed by atoms with Crippen molar-refractivity contribution in [2.24, 2.45) is 0 Å². The van der Waals surface area contributed by atoms with E-state index in [9.17, 15) is 9.59 Å². The van der Waals surface area contributed by atoms with E-state index in [1.54, 1.807) is 30.3 Å². The van der Waals surface area contributed by atoms with Crippen LogP contribution in [0.5, 0.6) is 0 Å². The van der Waals surface area contributed by atoms with Crippen molar-refractivity contribution in [2.45, 2.75) is 45.4 Å². The van der Waals surface area contributed by atoms with E-state index >= 15 is 0 Å². The number of thioether (sulfide) groups is 1. The summed E-state index contributed by atoms with van der Waals surface area (Å²) in [6, 6.07) is 10.5. The lowest BCUT2D eigenvalue weighted by molar-refractivity contribution is -0.113. The highest BCUT2D eigenvalue weighted by Crippen LogP contribution is 2.25. The second-order valence-corrected chi connectivity index (χ2v) is 9.38. The molecule has 0 aliphatic heterocycles. The standard InChI is InChI=1S/C25H28ClN5O2S/c1-6-11-31-23(18(5)27-24(33)19-9-7-8-10-20(19)26)29-30-25(31)34-14-21(32)28-22-16(3)12-15(2)13-17(22)4/h6-10,12-13,18H,1,11,14H2,2-5H3,(H,27,33)(H,28,32)/t18-/m1/s1. The van der Waals surface area contributed by atoms with E-state index in [0.717, 1.165) is 22.4 Å². The number of aromatic nitrogens is 3. The number of allylic oxidation sites excluding steroid dienone is 1. The van der Waals surface area contributed by atoms with Crippen LogP contribution >= 0.6 is 23.4 Å². The van der Waals surface area contributed by atoms with Gasteiger partial charge in [0, 0.05) is 12.2 Å². The molecule has 0 aliphatic rings. The van der Waals surface area contributed by atoms with Gasteiger partial charge in [-0.1, -0.05) is 59.3 Å². The van der Waals surface area contributed by atoms with Gasteiger partial charge in [0.05, 0.1) is 22.4 Å². The van der Waals surface area contributed by atoms with Crippen LogP contribution < -0.4 is 10.6 Å². The number of hydrogen-bond donors (Lipinski definition) is 2. The number of nitrogens with zero attached hydrogens (tertiary/aromatic N) is 3. The van der Waals surface area contributed by atoms with E-state index < -0.39 is 6.04 Å². The summed E-state index contributed by atoms with van der Waals surface area (Å²) in [5.74, 6) is 0.300. The molecule has 0 bridgehead atoms. The number of benzene rings is 2. The molecule has 1 atom stereocenters. The van der Waals surface area contributed by atoms with Crippen LogP contribution in [-0.4, -0.2) is 32.3 Å². The Labute approximate surface area is 209 Å². The molecule has 0 unspecified atom stereocenters. The van der Waals surface area contributed by atoms with Crippen LogP contribution in [0.3, 0.4) is 0 Å². The molecule has 7 nitrogen and oxygen atoms in total. The number of amides is 2. The number of rotatable bonds is 9. The zero-order valence-corrected chi connectivity index (χ0v) is 21.3. The molecule has 0 saturated heterocycles. The van der Waals surface area contributed by atoms with E-state index in [2.05, 4.69) is 27.4 Å². The molecule has 3 aromatic rings. The molecule has 9 heteroatoms. The number of anilines is 1. The second kappa shape index (κ2) is 11.4. The summed E-state index contributed by atoms with van der Waals surface area (Å²) >= 11 is 7.42. The Balaban J connectivity index is 1.70. The summed E-state index contributed by atoms with van der Waals surface area (Å²) in [7, 11) is 0. The summed E-state index contributed by atoms with van der Waals surface area (Å²) in [5, 5.41) is 15.4. The molecule has 3 rings (SSSR count). The zero-order valence-electron chi connectivity index (χ0n) is 19.7. The molecule has 2 amide bonds. The summed E-state index contributed by atoms with van der Waals surface area (Å²) in [6.45, 7) is 12.1. The maximum atomic E-state index is 12.7. The third-order valence-corrected chi connectivity index (χ3v) is 6.48. The summed E-state index contributed by atoms with van der Waals surface area (Å²) < 4.78 is 1.84. The molecule has 0 aliphatic carbocycles. The zero-order chi connectivity index (χ0) is 24.8. The average molecular weight is 498 g/mol. The minimum absolute atomic E-state index is 0.130. The van der Waals surface area contributed by atoms with Crippen molar-refractivity contribution >= 4 is 40.9 Å². The maximum absolute atomic E-state index is 12.7. The molecule has 34 heavy (non-hydrogen) atoms. The lowest BCUT2D eigenvalue weighted by Crippen LogP contribution is -2.29. The second-order valence-electron chi connectivity index (χ2n) is 8.03. The average Bonchev–Trinajstić information content (AvgIpc) is 3.18. The van der Waals surface area contributed by atoms with Gasteiger partial charge in [0.1, 0.15) is 0 Å². The van der Waals surface area contributed by atoms with Gasteiger partial charge in [-0.3, -0.25) is 9.59 Å². The Bertz CT molecular complexity index is 1200. The Morgan fingerprint density at radius 2 is 1.85 bits per heavy atom. The predicted molar refractivity (Wildman–Crippen MR) is 138 cm³/mol. The Morgan fingerprint density at radius 3 is 2.50 bits per heavy atom. The van der Waals surface area contributed by atoms with Gasteiger partial charge in [-0.25, -0.2) is 0 Å². The van der Waals surface area contributed by atoms with Crippen molar-refractivity contribution in [2.75, 3.05) is 11.1 Å². The van der Waals surface area contributed by atoms with Crippen molar-refractivity contribution in [1.82, 2.24) is 20.1 Å². The lowest BCUT2D eigenvalue weighted by Gasteiger charge is -2.16. The fraction of sp³-hybridized carbons (Fsp3) is 0.280. The van der Waals surface area contributed by atoms with E-state index in [-0.39, 0.29) is 17.6 Å². The largest absolute Gasteiger partial charge is 0.342 e. The number of carbonyl (C=O) groups excluding carboxylic acids is 2. The van der Waals surface area contributed by atoms with Crippen LogP contribution in [0.1, 0.15) is 45.8 Å². The van der Waals surface area contributed by atoms with Crippen LogP contribution in [0.15, 0.2) is 54.2 Å². The highest BCUT2D eigenvalue weighted by Gasteiger charge is 2.21. The van der Waals surface area contributed by atoms with Gasteiger partial charge in [-0.05, 0) is 51.0 Å². The first kappa shape index (κ1) is 25.5. The highest BCUT2D eigenvalue weighted by atomic mass is 35.5. The number of halogens is 1. The molecule has 0 radical (unpaired) electrons. The van der Waals surface area contributed by atoms with E-state index in [1.165, 1.54) is 11.8 Å². The monoisotopic (exact) mass is 497 g/mol. The summed E-state index contributed by atoms with van der Waals surface area (Å²) in [6.07, 6.45) is 1.72. The SMILES string of the molecule is C=CCn1c(SCC(=O)Nc2c(C)cc(C)cc2C)nnc1[C@@H](C)NC(=O)c1ccccc1Cl. The molecule has 178 valence electrons. The smallest absolute Gasteiger partial charge is 0.253 e. The van der Waals surface area contributed by atoms with Gasteiger partial charge in [0.25, 0.3) is 5.91 Å². The Hall–Kier alpha value is -3.10. The molecular weight excluding hydrogens is 470 g/mol. The first-order valence-electron chi connectivity index (χ1n) is 10.8. The molecule has 0 saturated carbocycles. The predicted octanol–water partition coefficient (Wildman–Crippen LogP) is 5.26. The fourth-order valence-electron chi connectivity index (χ4n) is 3.69. The minimum Gasteiger partial charge on any atom is -0.342 e. The number of nitrogens with one attached hydrogen (secondary N) is 2. The Morgan fingerprint density at radius 1 is 1.18 bits per heavy atom. The number of carbonyl (C=O) groups is 2.